The van der Waals surface area contributed by atoms with Gasteiger partial charge in [0.2, 0.25) is 11.5 Å². The Bertz CT molecular complexity index is 1000. The van der Waals surface area contributed by atoms with Crippen LogP contribution in [0.2, 0.25) is 0 Å². The molecule has 0 saturated heterocycles. The van der Waals surface area contributed by atoms with Crippen molar-refractivity contribution >= 4 is 34.0 Å². The number of carbonyl (C=O) groups is 2. The summed E-state index contributed by atoms with van der Waals surface area (Å²) in [4.78, 5) is 39.8. The van der Waals surface area contributed by atoms with E-state index in [2.05, 4.69) is 22.2 Å². The minimum atomic E-state index is -0.661. The highest BCUT2D eigenvalue weighted by molar-refractivity contribution is 6.01. The van der Waals surface area contributed by atoms with E-state index in [0.717, 1.165) is 9.95 Å². The lowest BCUT2D eigenvalue weighted by molar-refractivity contribution is -0.120. The van der Waals surface area contributed by atoms with Gasteiger partial charge in [0.15, 0.2) is 0 Å². The second-order valence-corrected chi connectivity index (χ2v) is 5.00. The predicted molar refractivity (Wildman–Crippen MR) is 87.5 cm³/mol. The van der Waals surface area contributed by atoms with Crippen LogP contribution in [-0.4, -0.2) is 28.0 Å². The smallest absolute Gasteiger partial charge is 0.321 e. The molecule has 3 amide bonds. The second kappa shape index (κ2) is 6.37. The van der Waals surface area contributed by atoms with E-state index in [4.69, 9.17) is 4.42 Å². The van der Waals surface area contributed by atoms with Crippen LogP contribution in [0.5, 0.6) is 0 Å². The molecule has 3 rings (SSSR count). The van der Waals surface area contributed by atoms with Gasteiger partial charge < -0.3 is 9.73 Å². The van der Waals surface area contributed by atoms with Crippen LogP contribution in [0.1, 0.15) is 0 Å². The van der Waals surface area contributed by atoms with Crippen molar-refractivity contribution in [3.8, 4) is 0 Å². The van der Waals surface area contributed by atoms with E-state index < -0.39 is 17.5 Å². The Labute approximate surface area is 135 Å². The van der Waals surface area contributed by atoms with Gasteiger partial charge in [-0.15, -0.1) is 6.58 Å². The molecule has 0 aliphatic carbocycles. The Kier molecular flexibility index (Phi) is 4.11. The van der Waals surface area contributed by atoms with Gasteiger partial charge in [0.25, 0.3) is 5.56 Å². The van der Waals surface area contributed by atoms with Gasteiger partial charge in [0.1, 0.15) is 17.6 Å². The van der Waals surface area contributed by atoms with Crippen LogP contribution in [0, 0.1) is 0 Å². The fraction of sp³-hybridized carbons (Fsp3) is 0.125. The van der Waals surface area contributed by atoms with E-state index >= 15 is 0 Å². The normalized spacial score (nSPS) is 10.7. The Morgan fingerprint density at radius 3 is 2.92 bits per heavy atom. The number of benzene rings is 1. The monoisotopic (exact) mass is 326 g/mol. The number of aromatic nitrogens is 2. The summed E-state index contributed by atoms with van der Waals surface area (Å²) >= 11 is 0. The summed E-state index contributed by atoms with van der Waals surface area (Å²) in [6, 6.07) is 6.48. The average molecular weight is 326 g/mol. The van der Waals surface area contributed by atoms with Gasteiger partial charge >= 0.3 is 6.03 Å². The molecular formula is C16H14N4O4. The molecule has 0 saturated carbocycles. The molecule has 122 valence electrons. The predicted octanol–water partition coefficient (Wildman–Crippen LogP) is 1.15. The maximum Gasteiger partial charge on any atom is 0.321 e. The number of furan rings is 1. The molecule has 1 aromatic carbocycles. The lowest BCUT2D eigenvalue weighted by Crippen LogP contribution is -2.42. The van der Waals surface area contributed by atoms with Crippen LogP contribution in [0.25, 0.3) is 22.1 Å². The van der Waals surface area contributed by atoms with E-state index in [1.807, 2.05) is 6.07 Å². The molecule has 0 spiro atoms. The van der Waals surface area contributed by atoms with Gasteiger partial charge in [-0.2, -0.15) is 0 Å². The number of nitrogens with one attached hydrogen (secondary N) is 2. The summed E-state index contributed by atoms with van der Waals surface area (Å²) in [6.45, 7) is 3.33. The highest BCUT2D eigenvalue weighted by Crippen LogP contribution is 2.23. The zero-order valence-electron chi connectivity index (χ0n) is 12.6. The summed E-state index contributed by atoms with van der Waals surface area (Å²) < 4.78 is 6.61. The summed E-state index contributed by atoms with van der Waals surface area (Å²) in [5.74, 6) is -0.643. The number of hydrogen-bond acceptors (Lipinski definition) is 5. The maximum atomic E-state index is 12.4. The van der Waals surface area contributed by atoms with Crippen LogP contribution < -0.4 is 16.2 Å². The fourth-order valence-electron chi connectivity index (χ4n) is 2.26. The topological polar surface area (TPSA) is 106 Å². The number of carbonyl (C=O) groups excluding carboxylic acids is 2. The second-order valence-electron chi connectivity index (χ2n) is 5.00. The zero-order valence-corrected chi connectivity index (χ0v) is 12.6. The van der Waals surface area contributed by atoms with Crippen molar-refractivity contribution in [3.05, 3.63) is 53.6 Å². The lowest BCUT2D eigenvalue weighted by atomic mass is 10.2. The van der Waals surface area contributed by atoms with Gasteiger partial charge in [-0.3, -0.25) is 19.5 Å². The summed E-state index contributed by atoms with van der Waals surface area (Å²) in [6.07, 6.45) is 2.74. The maximum absolute atomic E-state index is 12.4. The van der Waals surface area contributed by atoms with Crippen molar-refractivity contribution in [2.75, 3.05) is 6.54 Å². The minimum Gasteiger partial charge on any atom is -0.448 e. The first-order valence-electron chi connectivity index (χ1n) is 7.15. The van der Waals surface area contributed by atoms with Gasteiger partial charge in [-0.25, -0.2) is 9.78 Å². The van der Waals surface area contributed by atoms with Crippen LogP contribution in [0.4, 0.5) is 4.79 Å². The number of fused-ring (bicyclic) bond motifs is 3. The van der Waals surface area contributed by atoms with Crippen LogP contribution >= 0.6 is 0 Å². The standard InChI is InChI=1S/C16H14N4O4/c1-2-7-17-16(23)19-12(21)8-20-9-18-13-10-5-3-4-6-11(10)24-14(13)15(20)22/h2-6,9H,1,7-8H2,(H2,17,19,21,23). The average Bonchev–Trinajstić information content (AvgIpc) is 2.95. The van der Waals surface area contributed by atoms with Gasteiger partial charge in [-0.05, 0) is 12.1 Å². The largest absolute Gasteiger partial charge is 0.448 e. The molecule has 0 radical (unpaired) electrons. The Morgan fingerprint density at radius 2 is 2.12 bits per heavy atom. The van der Waals surface area contributed by atoms with Gasteiger partial charge in [0.05, 0.1) is 6.33 Å². The van der Waals surface area contributed by atoms with E-state index in [1.165, 1.54) is 12.4 Å². The molecule has 8 heteroatoms. The first-order valence-corrected chi connectivity index (χ1v) is 7.15. The van der Waals surface area contributed by atoms with E-state index in [0.29, 0.717) is 11.1 Å². The molecular weight excluding hydrogens is 312 g/mol. The molecule has 0 fully saturated rings. The van der Waals surface area contributed by atoms with Crippen molar-refractivity contribution in [2.45, 2.75) is 6.54 Å². The molecule has 0 unspecified atom stereocenters. The molecule has 0 atom stereocenters. The number of nitrogens with zero attached hydrogens (tertiary/aromatic N) is 2. The number of rotatable bonds is 4. The highest BCUT2D eigenvalue weighted by Gasteiger charge is 2.15. The van der Waals surface area contributed by atoms with Crippen molar-refractivity contribution < 1.29 is 14.0 Å². The summed E-state index contributed by atoms with van der Waals surface area (Å²) in [5.41, 5.74) is 0.569. The number of hydrogen-bond donors (Lipinski definition) is 2. The Hall–Kier alpha value is -3.42. The molecule has 2 aromatic heterocycles. The molecule has 0 aliphatic heterocycles. The molecule has 24 heavy (non-hydrogen) atoms. The molecule has 2 N–H and O–H groups in total. The number of amides is 3. The first-order chi connectivity index (χ1) is 11.6. The van der Waals surface area contributed by atoms with Crippen molar-refractivity contribution in [1.29, 1.82) is 0 Å². The molecule has 8 nitrogen and oxygen atoms in total. The quantitative estimate of drug-likeness (QED) is 0.700. The van der Waals surface area contributed by atoms with Crippen LogP contribution in [0.3, 0.4) is 0 Å². The zero-order chi connectivity index (χ0) is 17.1. The number of urea groups is 1. The molecule has 3 aromatic rings. The van der Waals surface area contributed by atoms with Crippen LogP contribution in [-0.2, 0) is 11.3 Å². The third kappa shape index (κ3) is 2.89. The Balaban J connectivity index is 1.85. The Morgan fingerprint density at radius 1 is 1.33 bits per heavy atom. The molecule has 2 heterocycles. The van der Waals surface area contributed by atoms with Crippen molar-refractivity contribution in [1.82, 2.24) is 20.2 Å². The van der Waals surface area contributed by atoms with E-state index in [1.54, 1.807) is 18.2 Å². The third-order valence-corrected chi connectivity index (χ3v) is 3.32. The van der Waals surface area contributed by atoms with Crippen molar-refractivity contribution in [3.63, 3.8) is 0 Å². The van der Waals surface area contributed by atoms with Crippen LogP contribution in [0.15, 0.2) is 52.5 Å². The summed E-state index contributed by atoms with van der Waals surface area (Å²) in [7, 11) is 0. The van der Waals surface area contributed by atoms with Crippen molar-refractivity contribution in [2.24, 2.45) is 0 Å². The highest BCUT2D eigenvalue weighted by atomic mass is 16.3. The third-order valence-electron chi connectivity index (χ3n) is 3.32. The fourth-order valence-corrected chi connectivity index (χ4v) is 2.26. The van der Waals surface area contributed by atoms with E-state index in [9.17, 15) is 14.4 Å². The SMILES string of the molecule is C=CCNC(=O)NC(=O)Cn1cnc2c(oc3ccccc32)c1=O. The molecule has 0 aliphatic rings. The minimum absolute atomic E-state index is 0.0719. The van der Waals surface area contributed by atoms with E-state index in [-0.39, 0.29) is 18.7 Å². The number of para-hydroxylation sites is 1. The lowest BCUT2D eigenvalue weighted by Gasteiger charge is -2.06. The first kappa shape index (κ1) is 15.5. The number of imide groups is 1. The summed E-state index contributed by atoms with van der Waals surface area (Å²) in [5, 5.41) is 5.24. The molecule has 0 bridgehead atoms. The van der Waals surface area contributed by atoms with Gasteiger partial charge in [0, 0.05) is 11.9 Å². The van der Waals surface area contributed by atoms with Gasteiger partial charge in [-0.1, -0.05) is 18.2 Å².